The van der Waals surface area contributed by atoms with Crippen LogP contribution in [0.1, 0.15) is 6.92 Å². The molecule has 1 amide bonds. The number of nitrogens with zero attached hydrogens (tertiary/aromatic N) is 5. The van der Waals surface area contributed by atoms with Crippen molar-refractivity contribution < 1.29 is 9.53 Å². The minimum Gasteiger partial charge on any atom is -0.378 e. The molecule has 2 aromatic rings. The van der Waals surface area contributed by atoms with Crippen LogP contribution < -0.4 is 4.90 Å². The smallest absolute Gasteiger partial charge is 0.239 e. The van der Waals surface area contributed by atoms with Gasteiger partial charge in [0.2, 0.25) is 5.91 Å². The number of aromatic nitrogens is 3. The fourth-order valence-electron chi connectivity index (χ4n) is 3.64. The van der Waals surface area contributed by atoms with E-state index >= 15 is 0 Å². The van der Waals surface area contributed by atoms with E-state index in [1.165, 1.54) is 0 Å². The van der Waals surface area contributed by atoms with Crippen molar-refractivity contribution in [1.29, 1.82) is 0 Å². The fourth-order valence-corrected chi connectivity index (χ4v) is 3.64. The van der Waals surface area contributed by atoms with Crippen LogP contribution in [0.25, 0.3) is 11.0 Å². The van der Waals surface area contributed by atoms with E-state index in [0.717, 1.165) is 43.0 Å². The number of morpholine rings is 1. The lowest BCUT2D eigenvalue weighted by atomic mass is 10.2. The molecule has 134 valence electrons. The average molecular weight is 344 g/mol. The number of nitrogens with one attached hydrogen (secondary N) is 1. The van der Waals surface area contributed by atoms with E-state index in [1.807, 2.05) is 24.1 Å². The standard InChI is InChI=1S/C17H24N6O2/c1-13(17(24)23-8-10-25-11-9-23)21-4-6-22(7-5-21)16-14-2-3-18-15(14)19-12-20-16/h2-3,12-13H,4-11H2,1H3,(H,18,19,20). The first-order valence-electron chi connectivity index (χ1n) is 8.87. The largest absolute Gasteiger partial charge is 0.378 e. The Morgan fingerprint density at radius 3 is 2.68 bits per heavy atom. The van der Waals surface area contributed by atoms with Crippen molar-refractivity contribution in [3.05, 3.63) is 18.6 Å². The summed E-state index contributed by atoms with van der Waals surface area (Å²) >= 11 is 0. The number of anilines is 1. The maximum atomic E-state index is 12.7. The molecule has 4 rings (SSSR count). The molecule has 2 saturated heterocycles. The molecule has 0 aliphatic carbocycles. The van der Waals surface area contributed by atoms with Crippen LogP contribution >= 0.6 is 0 Å². The fraction of sp³-hybridized carbons (Fsp3) is 0.588. The van der Waals surface area contributed by atoms with Crippen molar-refractivity contribution in [3.63, 3.8) is 0 Å². The lowest BCUT2D eigenvalue weighted by Crippen LogP contribution is -2.56. The van der Waals surface area contributed by atoms with Gasteiger partial charge in [0.1, 0.15) is 17.8 Å². The van der Waals surface area contributed by atoms with Gasteiger partial charge in [-0.25, -0.2) is 9.97 Å². The highest BCUT2D eigenvalue weighted by atomic mass is 16.5. The summed E-state index contributed by atoms with van der Waals surface area (Å²) in [5.41, 5.74) is 0.864. The Bertz CT molecular complexity index is 734. The molecule has 0 bridgehead atoms. The molecule has 2 fully saturated rings. The number of carbonyl (C=O) groups excluding carboxylic acids is 1. The number of carbonyl (C=O) groups is 1. The Balaban J connectivity index is 1.39. The van der Waals surface area contributed by atoms with Crippen molar-refractivity contribution >= 4 is 22.8 Å². The van der Waals surface area contributed by atoms with Gasteiger partial charge < -0.3 is 19.5 Å². The van der Waals surface area contributed by atoms with Crippen molar-refractivity contribution in [1.82, 2.24) is 24.8 Å². The number of aromatic amines is 1. The number of ether oxygens (including phenoxy) is 1. The number of piperazine rings is 1. The number of hydrogen-bond donors (Lipinski definition) is 1. The van der Waals surface area contributed by atoms with Gasteiger partial charge in [-0.1, -0.05) is 0 Å². The maximum absolute atomic E-state index is 12.7. The average Bonchev–Trinajstić information content (AvgIpc) is 3.16. The molecule has 2 aliphatic heterocycles. The second kappa shape index (κ2) is 6.97. The molecule has 8 heteroatoms. The van der Waals surface area contributed by atoms with Crippen molar-refractivity contribution in [2.75, 3.05) is 57.4 Å². The summed E-state index contributed by atoms with van der Waals surface area (Å²) in [7, 11) is 0. The Kier molecular flexibility index (Phi) is 4.54. The molecule has 0 saturated carbocycles. The normalized spacial score (nSPS) is 20.8. The summed E-state index contributed by atoms with van der Waals surface area (Å²) in [6.07, 6.45) is 3.49. The Morgan fingerprint density at radius 1 is 1.16 bits per heavy atom. The first-order chi connectivity index (χ1) is 12.2. The van der Waals surface area contributed by atoms with Gasteiger partial charge in [-0.2, -0.15) is 0 Å². The molecule has 1 unspecified atom stereocenters. The summed E-state index contributed by atoms with van der Waals surface area (Å²) in [6.45, 7) is 8.14. The van der Waals surface area contributed by atoms with Gasteiger partial charge in [0.05, 0.1) is 24.6 Å². The highest BCUT2D eigenvalue weighted by Crippen LogP contribution is 2.23. The number of hydrogen-bond acceptors (Lipinski definition) is 6. The minimum atomic E-state index is -0.0853. The molecule has 2 aliphatic rings. The van der Waals surface area contributed by atoms with Crippen LogP contribution in [0, 0.1) is 0 Å². The molecule has 0 radical (unpaired) electrons. The van der Waals surface area contributed by atoms with Crippen molar-refractivity contribution in [2.24, 2.45) is 0 Å². The van der Waals surface area contributed by atoms with Crippen LogP contribution in [0.15, 0.2) is 18.6 Å². The number of rotatable bonds is 3. The predicted octanol–water partition coefficient (Wildman–Crippen LogP) is 0.327. The third kappa shape index (κ3) is 3.19. The summed E-state index contributed by atoms with van der Waals surface area (Å²) in [4.78, 5) is 31.0. The summed E-state index contributed by atoms with van der Waals surface area (Å²) in [5, 5.41) is 1.05. The van der Waals surface area contributed by atoms with E-state index in [0.29, 0.717) is 26.3 Å². The highest BCUT2D eigenvalue weighted by Gasteiger charge is 2.30. The molecule has 1 atom stereocenters. The van der Waals surface area contributed by atoms with E-state index < -0.39 is 0 Å². The van der Waals surface area contributed by atoms with E-state index in [4.69, 9.17) is 4.74 Å². The number of fused-ring (bicyclic) bond motifs is 1. The zero-order valence-corrected chi connectivity index (χ0v) is 14.5. The molecular weight excluding hydrogens is 320 g/mol. The Hall–Kier alpha value is -2.19. The van der Waals surface area contributed by atoms with E-state index in [-0.39, 0.29) is 11.9 Å². The topological polar surface area (TPSA) is 77.6 Å². The van der Waals surface area contributed by atoms with Crippen LogP contribution in [-0.2, 0) is 9.53 Å². The van der Waals surface area contributed by atoms with Gasteiger partial charge in [0, 0.05) is 45.5 Å². The SMILES string of the molecule is CC(C(=O)N1CCOCC1)N1CCN(c2ncnc3[nH]ccc23)CC1. The zero-order chi connectivity index (χ0) is 17.2. The molecule has 2 aromatic heterocycles. The molecule has 0 spiro atoms. The first-order valence-corrected chi connectivity index (χ1v) is 8.87. The van der Waals surface area contributed by atoms with E-state index in [2.05, 4.69) is 24.8 Å². The van der Waals surface area contributed by atoms with E-state index in [9.17, 15) is 4.79 Å². The molecule has 0 aromatic carbocycles. The molecule has 8 nitrogen and oxygen atoms in total. The van der Waals surface area contributed by atoms with Crippen molar-refractivity contribution in [3.8, 4) is 0 Å². The third-order valence-corrected chi connectivity index (χ3v) is 5.17. The van der Waals surface area contributed by atoms with Gasteiger partial charge in [-0.15, -0.1) is 0 Å². The van der Waals surface area contributed by atoms with Gasteiger partial charge in [0.25, 0.3) is 0 Å². The van der Waals surface area contributed by atoms with Crippen LogP contribution in [-0.4, -0.2) is 89.2 Å². The predicted molar refractivity (Wildman–Crippen MR) is 94.5 cm³/mol. The Labute approximate surface area is 146 Å². The zero-order valence-electron chi connectivity index (χ0n) is 14.5. The number of H-pyrrole nitrogens is 1. The second-order valence-corrected chi connectivity index (χ2v) is 6.57. The van der Waals surface area contributed by atoms with Crippen LogP contribution in [0.2, 0.25) is 0 Å². The minimum absolute atomic E-state index is 0.0853. The first kappa shape index (κ1) is 16.3. The van der Waals surface area contributed by atoms with Crippen LogP contribution in [0.4, 0.5) is 5.82 Å². The van der Waals surface area contributed by atoms with Crippen LogP contribution in [0.3, 0.4) is 0 Å². The summed E-state index contributed by atoms with van der Waals surface area (Å²) < 4.78 is 5.34. The van der Waals surface area contributed by atoms with E-state index in [1.54, 1.807) is 6.33 Å². The summed E-state index contributed by atoms with van der Waals surface area (Å²) in [5.74, 6) is 1.19. The van der Waals surface area contributed by atoms with Crippen molar-refractivity contribution in [2.45, 2.75) is 13.0 Å². The molecule has 4 heterocycles. The van der Waals surface area contributed by atoms with Gasteiger partial charge >= 0.3 is 0 Å². The van der Waals surface area contributed by atoms with Gasteiger partial charge in [-0.05, 0) is 13.0 Å². The van der Waals surface area contributed by atoms with Gasteiger partial charge in [-0.3, -0.25) is 9.69 Å². The molecular formula is C17H24N6O2. The summed E-state index contributed by atoms with van der Waals surface area (Å²) in [6, 6.07) is 1.93. The highest BCUT2D eigenvalue weighted by molar-refractivity contribution is 5.87. The monoisotopic (exact) mass is 344 g/mol. The lowest BCUT2D eigenvalue weighted by Gasteiger charge is -2.40. The maximum Gasteiger partial charge on any atom is 0.239 e. The molecule has 1 N–H and O–H groups in total. The number of amides is 1. The van der Waals surface area contributed by atoms with Gasteiger partial charge in [0.15, 0.2) is 0 Å². The Morgan fingerprint density at radius 2 is 1.92 bits per heavy atom. The third-order valence-electron chi connectivity index (χ3n) is 5.17. The van der Waals surface area contributed by atoms with Crippen LogP contribution in [0.5, 0.6) is 0 Å². The molecule has 25 heavy (non-hydrogen) atoms. The second-order valence-electron chi connectivity index (χ2n) is 6.57. The quantitative estimate of drug-likeness (QED) is 0.864. The lowest BCUT2D eigenvalue weighted by molar-refractivity contribution is -0.140.